The topological polar surface area (TPSA) is 46.6 Å². The van der Waals surface area contributed by atoms with E-state index in [1.54, 1.807) is 0 Å². The van der Waals surface area contributed by atoms with Gasteiger partial charge in [-0.05, 0) is 13.8 Å². The van der Waals surface area contributed by atoms with E-state index in [1.165, 1.54) is 11.4 Å². The molecule has 0 aliphatic carbocycles. The minimum atomic E-state index is -3.22. The molecule has 14 heavy (non-hydrogen) atoms. The second-order valence-electron chi connectivity index (χ2n) is 3.20. The molecule has 0 radical (unpaired) electrons. The van der Waals surface area contributed by atoms with E-state index in [-0.39, 0.29) is 18.4 Å². The minimum absolute atomic E-state index is 0.0125. The Bertz CT molecular complexity index is 241. The normalized spacial score (nSPS) is 12.7. The van der Waals surface area contributed by atoms with Gasteiger partial charge >= 0.3 is 0 Å². The smallest absolute Gasteiger partial charge is 0.216 e. The van der Waals surface area contributed by atoms with Crippen LogP contribution in [0.15, 0.2) is 0 Å². The predicted molar refractivity (Wildman–Crippen MR) is 58.2 cm³/mol. The lowest BCUT2D eigenvalue weighted by Crippen LogP contribution is -2.40. The van der Waals surface area contributed by atoms with Crippen LogP contribution >= 0.6 is 11.6 Å². The summed E-state index contributed by atoms with van der Waals surface area (Å²) >= 11 is 5.54. The van der Waals surface area contributed by atoms with E-state index >= 15 is 0 Å². The van der Waals surface area contributed by atoms with Gasteiger partial charge in [-0.15, -0.1) is 11.6 Å². The second-order valence-corrected chi connectivity index (χ2v) is 5.62. The maximum atomic E-state index is 11.7. The van der Waals surface area contributed by atoms with Crippen LogP contribution in [-0.4, -0.2) is 50.7 Å². The zero-order valence-electron chi connectivity index (χ0n) is 8.86. The van der Waals surface area contributed by atoms with Crippen LogP contribution in [0.5, 0.6) is 0 Å². The van der Waals surface area contributed by atoms with Crippen LogP contribution in [0.4, 0.5) is 0 Å². The molecule has 0 aliphatic rings. The summed E-state index contributed by atoms with van der Waals surface area (Å²) in [6, 6.07) is -0.0596. The maximum Gasteiger partial charge on any atom is 0.216 e. The largest absolute Gasteiger partial charge is 0.384 e. The number of hydrogen-bond donors (Lipinski definition) is 0. The van der Waals surface area contributed by atoms with Gasteiger partial charge in [0, 0.05) is 25.6 Å². The number of sulfonamides is 1. The first-order valence-corrected chi connectivity index (χ1v) is 6.64. The van der Waals surface area contributed by atoms with E-state index in [0.717, 1.165) is 0 Å². The molecule has 0 amide bonds. The molecule has 0 rings (SSSR count). The molecule has 0 unspecified atom stereocenters. The fraction of sp³-hybridized carbons (Fsp3) is 1.00. The van der Waals surface area contributed by atoms with Gasteiger partial charge in [0.25, 0.3) is 0 Å². The third-order valence-corrected chi connectivity index (χ3v) is 3.95. The molecule has 0 aromatic rings. The highest BCUT2D eigenvalue weighted by molar-refractivity contribution is 7.89. The lowest BCUT2D eigenvalue weighted by Gasteiger charge is -2.24. The van der Waals surface area contributed by atoms with Gasteiger partial charge in [0.15, 0.2) is 0 Å². The quantitative estimate of drug-likeness (QED) is 0.625. The fourth-order valence-corrected chi connectivity index (χ4v) is 3.01. The van der Waals surface area contributed by atoms with Crippen molar-refractivity contribution in [3.8, 4) is 0 Å². The highest BCUT2D eigenvalue weighted by Gasteiger charge is 2.23. The summed E-state index contributed by atoms with van der Waals surface area (Å²) in [7, 11) is -1.74. The third-order valence-electron chi connectivity index (χ3n) is 1.78. The van der Waals surface area contributed by atoms with E-state index in [2.05, 4.69) is 0 Å². The number of nitrogens with zero attached hydrogens (tertiary/aromatic N) is 1. The van der Waals surface area contributed by atoms with Crippen molar-refractivity contribution >= 4 is 21.6 Å². The lowest BCUT2D eigenvalue weighted by atomic mass is 10.4. The van der Waals surface area contributed by atoms with Crippen molar-refractivity contribution in [1.82, 2.24) is 4.31 Å². The van der Waals surface area contributed by atoms with Gasteiger partial charge in [0.05, 0.1) is 12.4 Å². The molecule has 0 fully saturated rings. The molecular weight excluding hydrogens is 226 g/mol. The van der Waals surface area contributed by atoms with Crippen LogP contribution < -0.4 is 0 Å². The number of methoxy groups -OCH3 is 1. The average Bonchev–Trinajstić information content (AvgIpc) is 2.10. The minimum Gasteiger partial charge on any atom is -0.384 e. The Morgan fingerprint density at radius 3 is 2.36 bits per heavy atom. The molecule has 0 spiro atoms. The molecule has 0 saturated heterocycles. The van der Waals surface area contributed by atoms with Gasteiger partial charge in [-0.1, -0.05) is 0 Å². The van der Waals surface area contributed by atoms with Gasteiger partial charge in [-0.25, -0.2) is 8.42 Å². The molecule has 0 aromatic carbocycles. The molecule has 0 atom stereocenters. The Kier molecular flexibility index (Phi) is 6.68. The highest BCUT2D eigenvalue weighted by atomic mass is 35.5. The average molecular weight is 244 g/mol. The Morgan fingerprint density at radius 1 is 1.43 bits per heavy atom. The molecule has 0 aliphatic heterocycles. The summed E-state index contributed by atoms with van der Waals surface area (Å²) in [5.41, 5.74) is 0. The number of rotatable bonds is 7. The second kappa shape index (κ2) is 6.61. The van der Waals surface area contributed by atoms with Crippen molar-refractivity contribution in [3.63, 3.8) is 0 Å². The summed E-state index contributed by atoms with van der Waals surface area (Å²) in [6.07, 6.45) is 0. The zero-order chi connectivity index (χ0) is 11.2. The first-order valence-electron chi connectivity index (χ1n) is 4.50. The Hall–Kier alpha value is 0.160. The molecule has 86 valence electrons. The summed E-state index contributed by atoms with van der Waals surface area (Å²) in [6.45, 7) is 4.23. The molecular formula is C8H18ClNO3S. The van der Waals surface area contributed by atoms with Crippen molar-refractivity contribution in [2.45, 2.75) is 19.9 Å². The Balaban J connectivity index is 4.46. The highest BCUT2D eigenvalue weighted by Crippen LogP contribution is 2.07. The number of halogens is 1. The summed E-state index contributed by atoms with van der Waals surface area (Å²) in [4.78, 5) is 0. The summed E-state index contributed by atoms with van der Waals surface area (Å²) < 4.78 is 29.6. The first-order chi connectivity index (χ1) is 6.45. The number of ether oxygens (including phenoxy) is 1. The number of alkyl halides is 1. The summed E-state index contributed by atoms with van der Waals surface area (Å²) in [5, 5.41) is 0. The Labute approximate surface area is 91.2 Å². The molecule has 4 nitrogen and oxygen atoms in total. The van der Waals surface area contributed by atoms with E-state index in [0.29, 0.717) is 12.4 Å². The molecule has 0 heterocycles. The first kappa shape index (κ1) is 14.2. The van der Waals surface area contributed by atoms with E-state index in [4.69, 9.17) is 16.3 Å². The zero-order valence-corrected chi connectivity index (χ0v) is 10.4. The third kappa shape index (κ3) is 4.59. The van der Waals surface area contributed by atoms with E-state index in [1.807, 2.05) is 13.8 Å². The van der Waals surface area contributed by atoms with E-state index < -0.39 is 10.0 Å². The van der Waals surface area contributed by atoms with Crippen molar-refractivity contribution in [1.29, 1.82) is 0 Å². The van der Waals surface area contributed by atoms with Gasteiger partial charge in [-0.3, -0.25) is 0 Å². The molecule has 0 bridgehead atoms. The summed E-state index contributed by atoms with van der Waals surface area (Å²) in [5.74, 6) is 0.322. The molecule has 0 aromatic heterocycles. The van der Waals surface area contributed by atoms with Crippen LogP contribution in [-0.2, 0) is 14.8 Å². The van der Waals surface area contributed by atoms with Crippen LogP contribution in [0.1, 0.15) is 13.8 Å². The standard InChI is InChI=1S/C8H18ClNO3S/c1-8(2)10(5-4-9)14(11,12)7-6-13-3/h8H,4-7H2,1-3H3. The predicted octanol–water partition coefficient (Wildman–Crippen LogP) is 0.912. The van der Waals surface area contributed by atoms with Crippen molar-refractivity contribution in [2.75, 3.05) is 31.9 Å². The Morgan fingerprint density at radius 2 is 2.00 bits per heavy atom. The van der Waals surface area contributed by atoms with Gasteiger partial charge in [0.2, 0.25) is 10.0 Å². The SMILES string of the molecule is COCCS(=O)(=O)N(CCCl)C(C)C. The van der Waals surface area contributed by atoms with Crippen LogP contribution in [0.2, 0.25) is 0 Å². The van der Waals surface area contributed by atoms with Crippen molar-refractivity contribution < 1.29 is 13.2 Å². The lowest BCUT2D eigenvalue weighted by molar-refractivity contribution is 0.215. The number of hydrogen-bond acceptors (Lipinski definition) is 3. The van der Waals surface area contributed by atoms with Gasteiger partial charge < -0.3 is 4.74 Å². The van der Waals surface area contributed by atoms with E-state index in [9.17, 15) is 8.42 Å². The van der Waals surface area contributed by atoms with Gasteiger partial charge in [0.1, 0.15) is 0 Å². The van der Waals surface area contributed by atoms with Crippen molar-refractivity contribution in [3.05, 3.63) is 0 Å². The molecule has 0 saturated carbocycles. The fourth-order valence-electron chi connectivity index (χ4n) is 1.11. The van der Waals surface area contributed by atoms with Crippen LogP contribution in [0.3, 0.4) is 0 Å². The molecule has 0 N–H and O–H groups in total. The monoisotopic (exact) mass is 243 g/mol. The van der Waals surface area contributed by atoms with Crippen molar-refractivity contribution in [2.24, 2.45) is 0 Å². The van der Waals surface area contributed by atoms with Crippen LogP contribution in [0, 0.1) is 0 Å². The molecule has 6 heteroatoms. The van der Waals surface area contributed by atoms with Crippen LogP contribution in [0.25, 0.3) is 0 Å². The maximum absolute atomic E-state index is 11.7. The van der Waals surface area contributed by atoms with Gasteiger partial charge in [-0.2, -0.15) is 4.31 Å².